The second-order valence-electron chi connectivity index (χ2n) is 4.85. The summed E-state index contributed by atoms with van der Waals surface area (Å²) in [5, 5.41) is 2.92. The van der Waals surface area contributed by atoms with E-state index in [2.05, 4.69) is 19.4 Å². The van der Waals surface area contributed by atoms with Crippen molar-refractivity contribution < 1.29 is 22.1 Å². The zero-order valence-electron chi connectivity index (χ0n) is 11.9. The van der Waals surface area contributed by atoms with Crippen LogP contribution in [0.25, 0.3) is 0 Å². The van der Waals surface area contributed by atoms with Gasteiger partial charge in [-0.05, 0) is 30.7 Å². The molecule has 1 amide bonds. The molecule has 0 saturated carbocycles. The van der Waals surface area contributed by atoms with Gasteiger partial charge >= 0.3 is 0 Å². The largest absolute Gasteiger partial charge is 1.00 e. The molecule has 3 nitrogen and oxygen atoms in total. The Kier molecular flexibility index (Phi) is 5.74. The van der Waals surface area contributed by atoms with Gasteiger partial charge in [-0.1, -0.05) is 18.2 Å². The van der Waals surface area contributed by atoms with Crippen LogP contribution in [0.3, 0.4) is 0 Å². The van der Waals surface area contributed by atoms with Crippen molar-refractivity contribution in [3.05, 3.63) is 59.7 Å². The number of halogens is 1. The Balaban J connectivity index is 0.00000200. The second kappa shape index (κ2) is 7.08. The highest BCUT2D eigenvalue weighted by molar-refractivity contribution is 6.05. The third-order valence-electron chi connectivity index (χ3n) is 3.11. The van der Waals surface area contributed by atoms with Crippen LogP contribution in [-0.2, 0) is 0 Å². The molecule has 0 aliphatic carbocycles. The van der Waals surface area contributed by atoms with Gasteiger partial charge in [0.2, 0.25) is 0 Å². The van der Waals surface area contributed by atoms with Crippen LogP contribution in [0.15, 0.2) is 48.5 Å². The fourth-order valence-corrected chi connectivity index (χ4v) is 1.91. The molecule has 4 heteroatoms. The summed E-state index contributed by atoms with van der Waals surface area (Å²) in [5.41, 5.74) is 3.70. The van der Waals surface area contributed by atoms with Crippen LogP contribution in [0.2, 0.25) is 0 Å². The number of rotatable bonds is 3. The molecule has 0 atom stereocenters. The zero-order valence-corrected chi connectivity index (χ0v) is 12.7. The molecular weight excluding hydrogens is 272 g/mol. The van der Waals surface area contributed by atoms with Crippen molar-refractivity contribution in [1.82, 2.24) is 0 Å². The second-order valence-corrected chi connectivity index (χ2v) is 4.85. The van der Waals surface area contributed by atoms with Gasteiger partial charge in [0.25, 0.3) is 5.91 Å². The Bertz CT molecular complexity index is 579. The summed E-state index contributed by atoms with van der Waals surface area (Å²) in [6.07, 6.45) is 0. The average Bonchev–Trinajstić information content (AvgIpc) is 2.39. The van der Waals surface area contributed by atoms with Gasteiger partial charge in [0.1, 0.15) is 5.69 Å². The number of hydrogen-bond donors (Lipinski definition) is 2. The fourth-order valence-electron chi connectivity index (χ4n) is 1.91. The third-order valence-corrected chi connectivity index (χ3v) is 3.11. The predicted molar refractivity (Wildman–Crippen MR) is 78.0 cm³/mol. The van der Waals surface area contributed by atoms with E-state index in [0.29, 0.717) is 5.56 Å². The van der Waals surface area contributed by atoms with E-state index < -0.39 is 0 Å². The molecule has 0 fully saturated rings. The molecule has 2 aromatic carbocycles. The topological polar surface area (TPSA) is 33.5 Å². The summed E-state index contributed by atoms with van der Waals surface area (Å²) >= 11 is 0. The van der Waals surface area contributed by atoms with Gasteiger partial charge in [-0.25, -0.2) is 0 Å². The highest BCUT2D eigenvalue weighted by Gasteiger charge is 2.08. The maximum Gasteiger partial charge on any atom is 0.255 e. The minimum absolute atomic E-state index is 0. The molecule has 0 unspecified atom stereocenters. The van der Waals surface area contributed by atoms with Gasteiger partial charge in [0, 0.05) is 23.4 Å². The van der Waals surface area contributed by atoms with E-state index in [0.717, 1.165) is 11.3 Å². The minimum atomic E-state index is -0.0666. The molecule has 2 aromatic rings. The number of benzene rings is 2. The third kappa shape index (κ3) is 3.83. The first-order valence-corrected chi connectivity index (χ1v) is 6.35. The van der Waals surface area contributed by atoms with Crippen molar-refractivity contribution in [3.8, 4) is 0 Å². The van der Waals surface area contributed by atoms with Crippen LogP contribution in [0.5, 0.6) is 0 Å². The van der Waals surface area contributed by atoms with Gasteiger partial charge in [-0.15, -0.1) is 0 Å². The number of anilines is 1. The number of hydrogen-bond acceptors (Lipinski definition) is 1. The Morgan fingerprint density at radius 2 is 1.60 bits per heavy atom. The van der Waals surface area contributed by atoms with Crippen LogP contribution >= 0.6 is 0 Å². The van der Waals surface area contributed by atoms with Crippen LogP contribution in [0.1, 0.15) is 15.9 Å². The summed E-state index contributed by atoms with van der Waals surface area (Å²) in [6.45, 7) is 1.94. The summed E-state index contributed by atoms with van der Waals surface area (Å²) in [4.78, 5) is 13.4. The Labute approximate surface area is 126 Å². The molecule has 0 spiro atoms. The summed E-state index contributed by atoms with van der Waals surface area (Å²) in [5.74, 6) is -0.0666. The van der Waals surface area contributed by atoms with E-state index >= 15 is 0 Å². The molecule has 0 aromatic heterocycles. The lowest BCUT2D eigenvalue weighted by Gasteiger charge is -2.09. The monoisotopic (exact) mass is 290 g/mol. The molecule has 0 heterocycles. The summed E-state index contributed by atoms with van der Waals surface area (Å²) < 4.78 is 0. The standard InChI is InChI=1S/C16H18N2O.ClH/c1-12-6-4-5-7-15(12)16(19)17-13-8-10-14(11-9-13)18(2)3;/h4-11H,1-3H3,(H,17,19);1H. The number of amides is 1. The first kappa shape index (κ1) is 16.2. The molecule has 20 heavy (non-hydrogen) atoms. The molecule has 106 valence electrons. The van der Waals surface area contributed by atoms with Crippen molar-refractivity contribution in [2.75, 3.05) is 19.4 Å². The smallest absolute Gasteiger partial charge is 0.255 e. The lowest BCUT2D eigenvalue weighted by Crippen LogP contribution is -3.00. The Morgan fingerprint density at radius 1 is 1.00 bits per heavy atom. The molecule has 0 radical (unpaired) electrons. The lowest BCUT2D eigenvalue weighted by atomic mass is 10.1. The van der Waals surface area contributed by atoms with Crippen molar-refractivity contribution in [1.29, 1.82) is 0 Å². The van der Waals surface area contributed by atoms with Crippen molar-refractivity contribution in [2.45, 2.75) is 6.92 Å². The molecule has 0 aliphatic heterocycles. The average molecular weight is 291 g/mol. The van der Waals surface area contributed by atoms with Crippen molar-refractivity contribution in [3.63, 3.8) is 0 Å². The van der Waals surface area contributed by atoms with Gasteiger partial charge in [-0.2, -0.15) is 0 Å². The van der Waals surface area contributed by atoms with Gasteiger partial charge < -0.3 is 22.6 Å². The molecule has 2 rings (SSSR count). The van der Waals surface area contributed by atoms with Crippen LogP contribution < -0.4 is 22.6 Å². The molecular formula is C16H19ClN2O. The van der Waals surface area contributed by atoms with E-state index in [4.69, 9.17) is 0 Å². The molecule has 0 saturated heterocycles. The van der Waals surface area contributed by atoms with Crippen LogP contribution in [0, 0.1) is 6.92 Å². The van der Waals surface area contributed by atoms with Crippen molar-refractivity contribution >= 4 is 17.3 Å². The fraction of sp³-hybridized carbons (Fsp3) is 0.188. The maximum atomic E-state index is 12.1. The molecule has 2 N–H and O–H groups in total. The number of nitrogens with one attached hydrogen (secondary N) is 2. The molecule has 0 bridgehead atoms. The summed E-state index contributed by atoms with van der Waals surface area (Å²) in [7, 11) is 4.14. The Morgan fingerprint density at radius 3 is 2.15 bits per heavy atom. The van der Waals surface area contributed by atoms with E-state index in [9.17, 15) is 4.79 Å². The lowest BCUT2D eigenvalue weighted by molar-refractivity contribution is -0.786. The minimum Gasteiger partial charge on any atom is -1.00 e. The first-order chi connectivity index (χ1) is 9.08. The predicted octanol–water partition coefficient (Wildman–Crippen LogP) is -0.973. The SMILES string of the molecule is Cc1ccccc1C(=O)Nc1ccc([NH+](C)C)cc1.[Cl-]. The van der Waals surface area contributed by atoms with E-state index in [1.807, 2.05) is 55.5 Å². The van der Waals surface area contributed by atoms with Gasteiger partial charge in [0.15, 0.2) is 0 Å². The molecule has 0 aliphatic rings. The van der Waals surface area contributed by atoms with Crippen LogP contribution in [-0.4, -0.2) is 20.0 Å². The Hall–Kier alpha value is -1.84. The van der Waals surface area contributed by atoms with E-state index in [-0.39, 0.29) is 18.3 Å². The highest BCUT2D eigenvalue weighted by atomic mass is 35.5. The number of quaternary nitrogens is 1. The van der Waals surface area contributed by atoms with Gasteiger partial charge in [0.05, 0.1) is 14.1 Å². The summed E-state index contributed by atoms with van der Waals surface area (Å²) in [6, 6.07) is 15.5. The highest BCUT2D eigenvalue weighted by Crippen LogP contribution is 2.13. The zero-order chi connectivity index (χ0) is 13.8. The number of aryl methyl sites for hydroxylation is 1. The number of carbonyl (C=O) groups is 1. The van der Waals surface area contributed by atoms with Crippen LogP contribution in [0.4, 0.5) is 11.4 Å². The number of carbonyl (C=O) groups excluding carboxylic acids is 1. The first-order valence-electron chi connectivity index (χ1n) is 6.35. The normalized spacial score (nSPS) is 10.0. The van der Waals surface area contributed by atoms with Gasteiger partial charge in [-0.3, -0.25) is 4.79 Å². The van der Waals surface area contributed by atoms with Crippen molar-refractivity contribution in [2.24, 2.45) is 0 Å². The van der Waals surface area contributed by atoms with E-state index in [1.54, 1.807) is 0 Å². The maximum absolute atomic E-state index is 12.1. The van der Waals surface area contributed by atoms with E-state index in [1.165, 1.54) is 10.6 Å². The quantitative estimate of drug-likeness (QED) is 0.749.